The smallest absolute Gasteiger partial charge is 0.305 e. The van der Waals surface area contributed by atoms with Gasteiger partial charge in [0, 0.05) is 18.2 Å². The molecule has 2 heterocycles. The number of carboxylic acids is 1. The molecule has 1 fully saturated rings. The van der Waals surface area contributed by atoms with Crippen molar-refractivity contribution in [3.8, 4) is 11.1 Å². The summed E-state index contributed by atoms with van der Waals surface area (Å²) in [6, 6.07) is 5.51. The molecule has 1 aromatic carbocycles. The number of nitrogens with one attached hydrogen (secondary N) is 1. The van der Waals surface area contributed by atoms with E-state index in [1.54, 1.807) is 17.0 Å². The zero-order chi connectivity index (χ0) is 17.1. The predicted molar refractivity (Wildman–Crippen MR) is 84.9 cm³/mol. The fourth-order valence-corrected chi connectivity index (χ4v) is 3.12. The number of aromatic nitrogens is 2. The van der Waals surface area contributed by atoms with Crippen molar-refractivity contribution in [3.63, 3.8) is 0 Å². The number of nitrogens with zero attached hydrogens (tertiary/aromatic N) is 2. The third-order valence-corrected chi connectivity index (χ3v) is 4.31. The van der Waals surface area contributed by atoms with Crippen LogP contribution in [0.3, 0.4) is 0 Å². The second-order valence-electron chi connectivity index (χ2n) is 5.91. The summed E-state index contributed by atoms with van der Waals surface area (Å²) in [4.78, 5) is 25.6. The number of carboxylic acid groups (broad SMARTS) is 1. The molecule has 6 nitrogen and oxygen atoms in total. The Kier molecular flexibility index (Phi) is 4.59. The first-order chi connectivity index (χ1) is 11.6. The average molecular weight is 331 g/mol. The maximum Gasteiger partial charge on any atom is 0.305 e. The molecule has 2 N–H and O–H groups in total. The van der Waals surface area contributed by atoms with Crippen LogP contribution in [0, 0.1) is 5.82 Å². The minimum Gasteiger partial charge on any atom is -0.481 e. The molecule has 7 heteroatoms. The Balaban J connectivity index is 1.88. The van der Waals surface area contributed by atoms with Crippen molar-refractivity contribution < 1.29 is 19.1 Å². The van der Waals surface area contributed by atoms with Gasteiger partial charge in [-0.1, -0.05) is 12.1 Å². The van der Waals surface area contributed by atoms with E-state index in [9.17, 15) is 14.0 Å². The molecule has 0 saturated carbocycles. The van der Waals surface area contributed by atoms with Gasteiger partial charge in [-0.3, -0.25) is 14.7 Å². The van der Waals surface area contributed by atoms with Crippen LogP contribution in [0.4, 0.5) is 4.39 Å². The number of benzene rings is 1. The number of carbonyl (C=O) groups excluding carboxylic acids is 1. The number of amides is 1. The van der Waals surface area contributed by atoms with Crippen molar-refractivity contribution in [1.29, 1.82) is 0 Å². The van der Waals surface area contributed by atoms with Gasteiger partial charge in [0.15, 0.2) is 0 Å². The predicted octanol–water partition coefficient (Wildman–Crippen LogP) is 2.69. The number of carbonyl (C=O) groups is 2. The van der Waals surface area contributed by atoms with Crippen molar-refractivity contribution in [3.05, 3.63) is 42.0 Å². The van der Waals surface area contributed by atoms with Gasteiger partial charge in [0.2, 0.25) is 0 Å². The highest BCUT2D eigenvalue weighted by Gasteiger charge is 2.31. The summed E-state index contributed by atoms with van der Waals surface area (Å²) in [5.41, 5.74) is 1.57. The van der Waals surface area contributed by atoms with Crippen molar-refractivity contribution in [2.75, 3.05) is 6.54 Å². The van der Waals surface area contributed by atoms with Crippen LogP contribution in [0.5, 0.6) is 0 Å². The number of halogens is 1. The Morgan fingerprint density at radius 1 is 1.29 bits per heavy atom. The normalized spacial score (nSPS) is 17.7. The highest BCUT2D eigenvalue weighted by molar-refractivity contribution is 5.99. The van der Waals surface area contributed by atoms with Crippen LogP contribution in [-0.4, -0.2) is 44.7 Å². The van der Waals surface area contributed by atoms with Gasteiger partial charge in [-0.15, -0.1) is 0 Å². The minimum absolute atomic E-state index is 0.0637. The summed E-state index contributed by atoms with van der Waals surface area (Å²) in [5, 5.41) is 15.7. The summed E-state index contributed by atoms with van der Waals surface area (Å²) in [6.45, 7) is 0.526. The molecule has 2 aromatic rings. The lowest BCUT2D eigenvalue weighted by molar-refractivity contribution is -0.138. The number of aromatic amines is 1. The third-order valence-electron chi connectivity index (χ3n) is 4.31. The van der Waals surface area contributed by atoms with Crippen LogP contribution in [0.15, 0.2) is 30.5 Å². The Labute approximate surface area is 138 Å². The van der Waals surface area contributed by atoms with Crippen LogP contribution in [-0.2, 0) is 4.79 Å². The van der Waals surface area contributed by atoms with E-state index in [1.165, 1.54) is 18.3 Å². The van der Waals surface area contributed by atoms with Gasteiger partial charge in [0.05, 0.1) is 12.6 Å². The zero-order valence-corrected chi connectivity index (χ0v) is 13.0. The lowest BCUT2D eigenvalue weighted by Crippen LogP contribution is -2.45. The van der Waals surface area contributed by atoms with Gasteiger partial charge in [-0.2, -0.15) is 5.10 Å². The first-order valence-corrected chi connectivity index (χ1v) is 7.88. The van der Waals surface area contributed by atoms with Crippen LogP contribution >= 0.6 is 0 Å². The summed E-state index contributed by atoms with van der Waals surface area (Å²) in [7, 11) is 0. The van der Waals surface area contributed by atoms with Gasteiger partial charge in [-0.05, 0) is 37.0 Å². The Bertz CT molecular complexity index is 742. The molecule has 0 aliphatic carbocycles. The topological polar surface area (TPSA) is 86.3 Å². The second-order valence-corrected chi connectivity index (χ2v) is 5.91. The van der Waals surface area contributed by atoms with Crippen molar-refractivity contribution >= 4 is 11.9 Å². The van der Waals surface area contributed by atoms with Crippen LogP contribution in [0.25, 0.3) is 11.1 Å². The molecule has 1 aromatic heterocycles. The van der Waals surface area contributed by atoms with Gasteiger partial charge in [0.1, 0.15) is 11.5 Å². The zero-order valence-electron chi connectivity index (χ0n) is 13.0. The molecule has 1 aliphatic heterocycles. The quantitative estimate of drug-likeness (QED) is 0.902. The van der Waals surface area contributed by atoms with Crippen LogP contribution in [0.1, 0.15) is 36.2 Å². The fraction of sp³-hybridized carbons (Fsp3) is 0.353. The van der Waals surface area contributed by atoms with Crippen LogP contribution < -0.4 is 0 Å². The Hall–Kier alpha value is -2.70. The largest absolute Gasteiger partial charge is 0.481 e. The number of piperidine rings is 1. The molecule has 126 valence electrons. The molecule has 1 aliphatic rings. The van der Waals surface area contributed by atoms with E-state index in [4.69, 9.17) is 5.11 Å². The van der Waals surface area contributed by atoms with E-state index in [0.29, 0.717) is 29.8 Å². The van der Waals surface area contributed by atoms with Crippen molar-refractivity contribution in [2.45, 2.75) is 31.7 Å². The fourth-order valence-electron chi connectivity index (χ4n) is 3.12. The molecule has 0 spiro atoms. The monoisotopic (exact) mass is 331 g/mol. The van der Waals surface area contributed by atoms with Gasteiger partial charge < -0.3 is 10.0 Å². The molecule has 1 amide bonds. The van der Waals surface area contributed by atoms with E-state index in [2.05, 4.69) is 10.2 Å². The standard InChI is InChI=1S/C17H18FN3O3/c18-12-6-4-11(5-7-12)14-10-19-20-16(14)17(24)21-8-2-1-3-13(21)9-15(22)23/h4-7,10,13H,1-3,8-9H2,(H,19,20)(H,22,23). The molecule has 1 unspecified atom stereocenters. The average Bonchev–Trinajstić information content (AvgIpc) is 3.04. The molecule has 0 radical (unpaired) electrons. The number of hydrogen-bond donors (Lipinski definition) is 2. The maximum absolute atomic E-state index is 13.1. The minimum atomic E-state index is -0.914. The summed E-state index contributed by atoms with van der Waals surface area (Å²) >= 11 is 0. The highest BCUT2D eigenvalue weighted by Crippen LogP contribution is 2.27. The summed E-state index contributed by atoms with van der Waals surface area (Å²) in [6.07, 6.45) is 3.90. The molecule has 0 bridgehead atoms. The van der Waals surface area contributed by atoms with E-state index >= 15 is 0 Å². The molecular formula is C17H18FN3O3. The lowest BCUT2D eigenvalue weighted by atomic mass is 9.98. The van der Waals surface area contributed by atoms with Gasteiger partial charge >= 0.3 is 5.97 Å². The van der Waals surface area contributed by atoms with Gasteiger partial charge in [-0.25, -0.2) is 4.39 Å². The first-order valence-electron chi connectivity index (χ1n) is 7.88. The second kappa shape index (κ2) is 6.82. The number of rotatable bonds is 4. The molecule has 1 atom stereocenters. The Morgan fingerprint density at radius 2 is 2.04 bits per heavy atom. The lowest BCUT2D eigenvalue weighted by Gasteiger charge is -2.34. The number of likely N-dealkylation sites (tertiary alicyclic amines) is 1. The van der Waals surface area contributed by atoms with Gasteiger partial charge in [0.25, 0.3) is 5.91 Å². The van der Waals surface area contributed by atoms with E-state index in [0.717, 1.165) is 12.8 Å². The van der Waals surface area contributed by atoms with Crippen molar-refractivity contribution in [2.24, 2.45) is 0 Å². The number of aliphatic carboxylic acids is 1. The summed E-state index contributed by atoms with van der Waals surface area (Å²) < 4.78 is 13.1. The Morgan fingerprint density at radius 3 is 2.75 bits per heavy atom. The molecule has 24 heavy (non-hydrogen) atoms. The molecule has 1 saturated heterocycles. The highest BCUT2D eigenvalue weighted by atomic mass is 19.1. The molecule has 3 rings (SSSR count). The number of hydrogen-bond acceptors (Lipinski definition) is 3. The van der Waals surface area contributed by atoms with E-state index in [1.807, 2.05) is 0 Å². The molecular weight excluding hydrogens is 313 g/mol. The van der Waals surface area contributed by atoms with E-state index < -0.39 is 5.97 Å². The number of H-pyrrole nitrogens is 1. The van der Waals surface area contributed by atoms with Crippen LogP contribution in [0.2, 0.25) is 0 Å². The maximum atomic E-state index is 13.1. The SMILES string of the molecule is O=C(O)CC1CCCCN1C(=O)c1[nH]ncc1-c1ccc(F)cc1. The summed E-state index contributed by atoms with van der Waals surface area (Å²) in [5.74, 6) is -1.53. The third kappa shape index (κ3) is 3.29. The first kappa shape index (κ1) is 16.2. The van der Waals surface area contributed by atoms with Crippen molar-refractivity contribution in [1.82, 2.24) is 15.1 Å². The van der Waals surface area contributed by atoms with E-state index in [-0.39, 0.29) is 24.2 Å².